The Hall–Kier alpha value is -4.42. The third-order valence-corrected chi connectivity index (χ3v) is 6.07. The summed E-state index contributed by atoms with van der Waals surface area (Å²) in [5, 5.41) is 16.4. The van der Waals surface area contributed by atoms with Gasteiger partial charge in [0, 0.05) is 49.3 Å². The van der Waals surface area contributed by atoms with Gasteiger partial charge in [-0.2, -0.15) is 15.2 Å². The number of aromatic nitrogens is 3. The number of H-pyrrole nitrogens is 1. The number of rotatable bonds is 6. The molecule has 2 aromatic carbocycles. The van der Waals surface area contributed by atoms with Gasteiger partial charge in [-0.3, -0.25) is 4.79 Å². The SMILES string of the molecule is CN1CCN(C(=O)c2ccc(Nc3nc(Nc4cccc(CC#N)c4)c4cc[nH]c4n3)cc2)CC1. The molecule has 3 heterocycles. The van der Waals surface area contributed by atoms with Gasteiger partial charge in [0.05, 0.1) is 17.9 Å². The first-order valence-corrected chi connectivity index (χ1v) is 11.5. The van der Waals surface area contributed by atoms with Crippen molar-refractivity contribution in [3.8, 4) is 6.07 Å². The number of likely N-dealkylation sites (N-methyl/N-ethyl adjacent to an activating group) is 1. The molecule has 1 amide bonds. The topological polar surface area (TPSA) is 113 Å². The zero-order valence-electron chi connectivity index (χ0n) is 19.5. The minimum absolute atomic E-state index is 0.0545. The lowest BCUT2D eigenvalue weighted by Gasteiger charge is -2.32. The predicted octanol–water partition coefficient (Wildman–Crippen LogP) is 3.90. The fourth-order valence-electron chi connectivity index (χ4n) is 4.10. The van der Waals surface area contributed by atoms with Crippen molar-refractivity contribution < 1.29 is 4.79 Å². The van der Waals surface area contributed by atoms with Crippen LogP contribution in [-0.2, 0) is 6.42 Å². The molecule has 0 aliphatic carbocycles. The number of piperazine rings is 1. The molecule has 0 unspecified atom stereocenters. The molecule has 9 nitrogen and oxygen atoms in total. The number of anilines is 4. The van der Waals surface area contributed by atoms with Gasteiger partial charge in [0.1, 0.15) is 11.5 Å². The van der Waals surface area contributed by atoms with Gasteiger partial charge in [0.2, 0.25) is 5.95 Å². The first-order chi connectivity index (χ1) is 17.1. The lowest BCUT2D eigenvalue weighted by atomic mass is 10.1. The maximum absolute atomic E-state index is 12.8. The monoisotopic (exact) mass is 466 g/mol. The molecular formula is C26H26N8O. The van der Waals surface area contributed by atoms with Gasteiger partial charge in [-0.25, -0.2) is 0 Å². The van der Waals surface area contributed by atoms with E-state index in [2.05, 4.69) is 43.6 Å². The predicted molar refractivity (Wildman–Crippen MR) is 136 cm³/mol. The number of amides is 1. The minimum atomic E-state index is 0.0545. The average Bonchev–Trinajstić information content (AvgIpc) is 3.34. The van der Waals surface area contributed by atoms with Crippen LogP contribution < -0.4 is 10.6 Å². The van der Waals surface area contributed by atoms with Gasteiger partial charge < -0.3 is 25.4 Å². The van der Waals surface area contributed by atoms with Crippen LogP contribution in [0.4, 0.5) is 23.1 Å². The molecule has 0 atom stereocenters. The summed E-state index contributed by atoms with van der Waals surface area (Å²) in [6, 6.07) is 19.2. The molecule has 4 aromatic rings. The number of nitrogens with zero attached hydrogens (tertiary/aromatic N) is 5. The summed E-state index contributed by atoms with van der Waals surface area (Å²) in [4.78, 5) is 29.3. The van der Waals surface area contributed by atoms with Crippen LogP contribution in [0.15, 0.2) is 60.8 Å². The van der Waals surface area contributed by atoms with Gasteiger partial charge in [0.25, 0.3) is 5.91 Å². The molecule has 0 radical (unpaired) electrons. The number of nitrogens with one attached hydrogen (secondary N) is 3. The van der Waals surface area contributed by atoms with Crippen molar-refractivity contribution in [3.05, 3.63) is 71.9 Å². The number of aromatic amines is 1. The van der Waals surface area contributed by atoms with Crippen molar-refractivity contribution in [2.24, 2.45) is 0 Å². The van der Waals surface area contributed by atoms with Gasteiger partial charge in [-0.05, 0) is 55.1 Å². The van der Waals surface area contributed by atoms with Crippen LogP contribution in [0.1, 0.15) is 15.9 Å². The molecule has 9 heteroatoms. The Labute approximate surface area is 203 Å². The van der Waals surface area contributed by atoms with E-state index in [1.165, 1.54) is 0 Å². The Bertz CT molecular complexity index is 1380. The highest BCUT2D eigenvalue weighted by molar-refractivity contribution is 5.95. The van der Waals surface area contributed by atoms with E-state index in [1.807, 2.05) is 65.7 Å². The second kappa shape index (κ2) is 9.83. The van der Waals surface area contributed by atoms with Crippen molar-refractivity contribution in [1.29, 1.82) is 5.26 Å². The fraction of sp³-hybridized carbons (Fsp3) is 0.231. The molecule has 5 rings (SSSR count). The summed E-state index contributed by atoms with van der Waals surface area (Å²) in [6.45, 7) is 3.27. The van der Waals surface area contributed by atoms with Crippen molar-refractivity contribution in [3.63, 3.8) is 0 Å². The van der Waals surface area contributed by atoms with Gasteiger partial charge >= 0.3 is 0 Å². The number of carbonyl (C=O) groups is 1. The number of hydrogen-bond donors (Lipinski definition) is 3. The van der Waals surface area contributed by atoms with Crippen molar-refractivity contribution in [2.75, 3.05) is 43.9 Å². The quantitative estimate of drug-likeness (QED) is 0.395. The maximum Gasteiger partial charge on any atom is 0.253 e. The van der Waals surface area contributed by atoms with Crippen LogP contribution in [0.5, 0.6) is 0 Å². The normalized spacial score (nSPS) is 14.0. The summed E-state index contributed by atoms with van der Waals surface area (Å²) < 4.78 is 0. The minimum Gasteiger partial charge on any atom is -0.346 e. The molecule has 2 aromatic heterocycles. The van der Waals surface area contributed by atoms with E-state index >= 15 is 0 Å². The van der Waals surface area contributed by atoms with E-state index in [0.29, 0.717) is 29.4 Å². The molecule has 1 aliphatic heterocycles. The third kappa shape index (κ3) is 5.08. The zero-order chi connectivity index (χ0) is 24.2. The Morgan fingerprint density at radius 2 is 1.83 bits per heavy atom. The highest BCUT2D eigenvalue weighted by Gasteiger charge is 2.20. The number of benzene rings is 2. The van der Waals surface area contributed by atoms with Crippen LogP contribution in [0.2, 0.25) is 0 Å². The number of carbonyl (C=O) groups excluding carboxylic acids is 1. The van der Waals surface area contributed by atoms with Crippen molar-refractivity contribution in [2.45, 2.75) is 6.42 Å². The van der Waals surface area contributed by atoms with Crippen molar-refractivity contribution >= 4 is 40.1 Å². The van der Waals surface area contributed by atoms with Crippen molar-refractivity contribution in [1.82, 2.24) is 24.8 Å². The van der Waals surface area contributed by atoms with Gasteiger partial charge in [-0.15, -0.1) is 0 Å². The first kappa shape index (κ1) is 22.4. The lowest BCUT2D eigenvalue weighted by Crippen LogP contribution is -2.47. The van der Waals surface area contributed by atoms with Crippen LogP contribution in [-0.4, -0.2) is 63.9 Å². The van der Waals surface area contributed by atoms with E-state index < -0.39 is 0 Å². The number of fused-ring (bicyclic) bond motifs is 1. The largest absolute Gasteiger partial charge is 0.346 e. The molecule has 35 heavy (non-hydrogen) atoms. The smallest absolute Gasteiger partial charge is 0.253 e. The number of nitriles is 1. The van der Waals surface area contributed by atoms with Gasteiger partial charge in [-0.1, -0.05) is 12.1 Å². The Kier molecular flexibility index (Phi) is 6.28. The average molecular weight is 467 g/mol. The van der Waals surface area contributed by atoms with E-state index in [-0.39, 0.29) is 5.91 Å². The summed E-state index contributed by atoms with van der Waals surface area (Å²) in [7, 11) is 2.07. The van der Waals surface area contributed by atoms with E-state index in [1.54, 1.807) is 0 Å². The van der Waals surface area contributed by atoms with Crippen LogP contribution in [0, 0.1) is 11.3 Å². The standard InChI is InChI=1S/C26H26N8O/c1-33-13-15-34(16-14-33)25(35)19-5-7-20(8-6-19)30-26-31-23-22(10-12-28-23)24(32-26)29-21-4-2-3-18(17-21)9-11-27/h2-8,10,12,17H,9,13-16H2,1H3,(H3,28,29,30,31,32). The fourth-order valence-corrected chi connectivity index (χ4v) is 4.10. The molecule has 0 saturated carbocycles. The summed E-state index contributed by atoms with van der Waals surface area (Å²) >= 11 is 0. The van der Waals surface area contributed by atoms with E-state index in [9.17, 15) is 4.79 Å². The molecule has 0 bridgehead atoms. The van der Waals surface area contributed by atoms with Crippen LogP contribution in [0.3, 0.4) is 0 Å². The molecule has 176 valence electrons. The molecule has 1 fully saturated rings. The van der Waals surface area contributed by atoms with Gasteiger partial charge in [0.15, 0.2) is 0 Å². The molecule has 0 spiro atoms. The second-order valence-electron chi connectivity index (χ2n) is 8.59. The summed E-state index contributed by atoms with van der Waals surface area (Å²) in [6.07, 6.45) is 2.16. The van der Waals surface area contributed by atoms with Crippen LogP contribution >= 0.6 is 0 Å². The summed E-state index contributed by atoms with van der Waals surface area (Å²) in [5.74, 6) is 1.13. The second-order valence-corrected chi connectivity index (χ2v) is 8.59. The Morgan fingerprint density at radius 1 is 1.03 bits per heavy atom. The zero-order valence-corrected chi connectivity index (χ0v) is 19.5. The Balaban J connectivity index is 1.34. The third-order valence-electron chi connectivity index (χ3n) is 6.07. The van der Waals surface area contributed by atoms with E-state index in [0.717, 1.165) is 48.5 Å². The highest BCUT2D eigenvalue weighted by atomic mass is 16.2. The van der Waals surface area contributed by atoms with Crippen LogP contribution in [0.25, 0.3) is 11.0 Å². The molecule has 1 saturated heterocycles. The lowest BCUT2D eigenvalue weighted by molar-refractivity contribution is 0.0664. The Morgan fingerprint density at radius 3 is 2.60 bits per heavy atom. The summed E-state index contributed by atoms with van der Waals surface area (Å²) in [5.41, 5.74) is 3.92. The molecule has 1 aliphatic rings. The molecule has 3 N–H and O–H groups in total. The highest BCUT2D eigenvalue weighted by Crippen LogP contribution is 2.26. The number of hydrogen-bond acceptors (Lipinski definition) is 7. The van der Waals surface area contributed by atoms with E-state index in [4.69, 9.17) is 5.26 Å². The first-order valence-electron chi connectivity index (χ1n) is 11.5. The molecular weight excluding hydrogens is 440 g/mol. The maximum atomic E-state index is 12.8.